The standard InChI is InChI=1S/C24H56N4P/c1-9-25(10-2)17-21-29(22-18-26(11-3)12-4,23-19-27(13-5)14-6)24-20-28(15-7)16-8/h9-24H2,1-8H3/q+1. The number of hydrogen-bond acceptors (Lipinski definition) is 4. The molecule has 0 saturated heterocycles. The van der Waals surface area contributed by atoms with Crippen LogP contribution in [0, 0.1) is 0 Å². The van der Waals surface area contributed by atoms with Gasteiger partial charge in [0.1, 0.15) is 0 Å². The smallest absolute Gasteiger partial charge is 0.0722 e. The predicted molar refractivity (Wildman–Crippen MR) is 138 cm³/mol. The van der Waals surface area contributed by atoms with Gasteiger partial charge in [0.2, 0.25) is 0 Å². The van der Waals surface area contributed by atoms with Gasteiger partial charge in [-0.3, -0.25) is 0 Å². The molecule has 0 saturated carbocycles. The maximum Gasteiger partial charge on any atom is 0.0722 e. The van der Waals surface area contributed by atoms with Crippen LogP contribution in [0.3, 0.4) is 0 Å². The van der Waals surface area contributed by atoms with Gasteiger partial charge in [-0.1, -0.05) is 55.4 Å². The van der Waals surface area contributed by atoms with E-state index in [1.807, 2.05) is 0 Å². The fourth-order valence-electron chi connectivity index (χ4n) is 4.24. The first-order chi connectivity index (χ1) is 14.0. The molecular formula is C24H56N4P+. The molecule has 0 rings (SSSR count). The van der Waals surface area contributed by atoms with Crippen LogP contribution in [0.15, 0.2) is 0 Å². The second-order valence-electron chi connectivity index (χ2n) is 8.34. The topological polar surface area (TPSA) is 13.0 Å². The second-order valence-corrected chi connectivity index (χ2v) is 12.8. The monoisotopic (exact) mass is 431 g/mol. The summed E-state index contributed by atoms with van der Waals surface area (Å²) in [4.78, 5) is 10.6. The number of hydrogen-bond donors (Lipinski definition) is 0. The summed E-state index contributed by atoms with van der Waals surface area (Å²) in [5.41, 5.74) is 0. The highest BCUT2D eigenvalue weighted by Gasteiger charge is 2.37. The minimum absolute atomic E-state index is 0.984. The van der Waals surface area contributed by atoms with Gasteiger partial charge in [-0.25, -0.2) is 0 Å². The first-order valence-electron chi connectivity index (χ1n) is 12.7. The molecule has 0 fully saturated rings. The van der Waals surface area contributed by atoms with Crippen LogP contribution in [0.5, 0.6) is 0 Å². The first-order valence-corrected chi connectivity index (χ1v) is 15.2. The van der Waals surface area contributed by atoms with Gasteiger partial charge in [-0.2, -0.15) is 0 Å². The van der Waals surface area contributed by atoms with Gasteiger partial charge in [-0.15, -0.1) is 0 Å². The van der Waals surface area contributed by atoms with Crippen molar-refractivity contribution in [2.45, 2.75) is 55.4 Å². The lowest BCUT2D eigenvalue weighted by Crippen LogP contribution is -2.37. The molecule has 0 aromatic carbocycles. The van der Waals surface area contributed by atoms with Crippen LogP contribution in [0.1, 0.15) is 55.4 Å². The molecule has 0 amide bonds. The molecule has 0 atom stereocenters. The van der Waals surface area contributed by atoms with Crippen molar-refractivity contribution in [1.82, 2.24) is 19.6 Å². The van der Waals surface area contributed by atoms with Gasteiger partial charge in [0.15, 0.2) is 0 Å². The summed E-state index contributed by atoms with van der Waals surface area (Å²) in [6.45, 7) is 33.3. The van der Waals surface area contributed by atoms with E-state index in [1.54, 1.807) is 0 Å². The van der Waals surface area contributed by atoms with Crippen molar-refractivity contribution in [1.29, 1.82) is 0 Å². The molecule has 0 aliphatic heterocycles. The van der Waals surface area contributed by atoms with E-state index in [0.29, 0.717) is 0 Å². The summed E-state index contributed by atoms with van der Waals surface area (Å²) in [5.74, 6) is 0. The molecule has 5 heteroatoms. The summed E-state index contributed by atoms with van der Waals surface area (Å²) >= 11 is 0. The maximum absolute atomic E-state index is 2.65. The van der Waals surface area contributed by atoms with Crippen LogP contribution in [-0.4, -0.2) is 123 Å². The Morgan fingerprint density at radius 2 is 0.517 bits per heavy atom. The van der Waals surface area contributed by atoms with Crippen molar-refractivity contribution in [3.05, 3.63) is 0 Å². The Morgan fingerprint density at radius 1 is 0.345 bits per heavy atom. The van der Waals surface area contributed by atoms with Crippen LogP contribution in [0.4, 0.5) is 0 Å². The van der Waals surface area contributed by atoms with Gasteiger partial charge in [0, 0.05) is 33.4 Å². The van der Waals surface area contributed by atoms with E-state index in [2.05, 4.69) is 75.0 Å². The van der Waals surface area contributed by atoms with E-state index < -0.39 is 7.26 Å². The van der Waals surface area contributed by atoms with Gasteiger partial charge in [-0.05, 0) is 52.4 Å². The molecule has 0 unspecified atom stereocenters. The fraction of sp³-hybridized carbons (Fsp3) is 1.00. The van der Waals surface area contributed by atoms with E-state index in [-0.39, 0.29) is 0 Å². The average Bonchev–Trinajstić information content (AvgIpc) is 2.76. The third-order valence-electron chi connectivity index (χ3n) is 7.14. The Hall–Kier alpha value is 0.270. The molecule has 0 heterocycles. The van der Waals surface area contributed by atoms with Crippen LogP contribution < -0.4 is 0 Å². The van der Waals surface area contributed by atoms with E-state index >= 15 is 0 Å². The largest absolute Gasteiger partial charge is 0.300 e. The number of nitrogens with zero attached hydrogens (tertiary/aromatic N) is 4. The quantitative estimate of drug-likeness (QED) is 0.265. The lowest BCUT2D eigenvalue weighted by Gasteiger charge is -2.34. The zero-order valence-corrected chi connectivity index (χ0v) is 22.4. The number of rotatable bonds is 20. The Morgan fingerprint density at radius 3 is 0.655 bits per heavy atom. The molecule has 4 nitrogen and oxygen atoms in total. The molecule has 176 valence electrons. The Labute approximate surface area is 185 Å². The Balaban J connectivity index is 5.46. The summed E-state index contributed by atoms with van der Waals surface area (Å²) in [6, 6.07) is 0. The molecule has 29 heavy (non-hydrogen) atoms. The molecule has 0 aliphatic carbocycles. The Bertz CT molecular complexity index is 281. The van der Waals surface area contributed by atoms with Crippen LogP contribution in [0.25, 0.3) is 0 Å². The highest BCUT2D eigenvalue weighted by atomic mass is 31.2. The third kappa shape index (κ3) is 12.0. The molecule has 0 aliphatic rings. The summed E-state index contributed by atoms with van der Waals surface area (Å²) < 4.78 is 0. The molecule has 0 radical (unpaired) electrons. The zero-order chi connectivity index (χ0) is 22.1. The van der Waals surface area contributed by atoms with Crippen molar-refractivity contribution in [3.8, 4) is 0 Å². The summed E-state index contributed by atoms with van der Waals surface area (Å²) in [7, 11) is -0.984. The second kappa shape index (κ2) is 17.9. The highest BCUT2D eigenvalue weighted by Crippen LogP contribution is 2.58. The van der Waals surface area contributed by atoms with Gasteiger partial charge < -0.3 is 19.6 Å². The molecule has 0 aromatic rings. The zero-order valence-electron chi connectivity index (χ0n) is 21.5. The van der Waals surface area contributed by atoms with Crippen molar-refractivity contribution in [2.75, 3.05) is 103 Å². The van der Waals surface area contributed by atoms with Crippen molar-refractivity contribution >= 4 is 7.26 Å². The molecule has 0 N–H and O–H groups in total. The Kier molecular flexibility index (Phi) is 18.1. The van der Waals surface area contributed by atoms with Crippen molar-refractivity contribution < 1.29 is 0 Å². The average molecular weight is 432 g/mol. The van der Waals surface area contributed by atoms with Gasteiger partial charge >= 0.3 is 0 Å². The molecular weight excluding hydrogens is 375 g/mol. The van der Waals surface area contributed by atoms with E-state index in [4.69, 9.17) is 0 Å². The molecule has 0 aromatic heterocycles. The summed E-state index contributed by atoms with van der Waals surface area (Å²) in [5, 5.41) is 0. The van der Waals surface area contributed by atoms with Crippen molar-refractivity contribution in [3.63, 3.8) is 0 Å². The minimum Gasteiger partial charge on any atom is -0.300 e. The van der Waals surface area contributed by atoms with Gasteiger partial charge in [0.05, 0.1) is 24.6 Å². The fourth-order valence-corrected chi connectivity index (χ4v) is 8.41. The summed E-state index contributed by atoms with van der Waals surface area (Å²) in [6.07, 6.45) is 5.83. The minimum atomic E-state index is -0.984. The SMILES string of the molecule is CCN(CC)CC[P+](CCN(CC)CC)(CCN(CC)CC)CCN(CC)CC. The van der Waals surface area contributed by atoms with Crippen LogP contribution in [0.2, 0.25) is 0 Å². The lowest BCUT2D eigenvalue weighted by molar-refractivity contribution is 0.309. The lowest BCUT2D eigenvalue weighted by atomic mass is 10.5. The normalized spacial score (nSPS) is 12.8. The third-order valence-corrected chi connectivity index (χ3v) is 11.7. The van der Waals surface area contributed by atoms with Crippen LogP contribution in [-0.2, 0) is 0 Å². The maximum atomic E-state index is 2.65. The predicted octanol–water partition coefficient (Wildman–Crippen LogP) is 4.37. The first kappa shape index (κ1) is 29.3. The molecule has 0 bridgehead atoms. The van der Waals surface area contributed by atoms with Crippen molar-refractivity contribution in [2.24, 2.45) is 0 Å². The van der Waals surface area contributed by atoms with Gasteiger partial charge in [0.25, 0.3) is 0 Å². The molecule has 0 spiro atoms. The highest BCUT2D eigenvalue weighted by molar-refractivity contribution is 7.76. The van der Waals surface area contributed by atoms with E-state index in [1.165, 1.54) is 103 Å². The van der Waals surface area contributed by atoms with E-state index in [0.717, 1.165) is 0 Å². The van der Waals surface area contributed by atoms with E-state index in [9.17, 15) is 0 Å². The van der Waals surface area contributed by atoms with Crippen LogP contribution >= 0.6 is 7.26 Å².